The van der Waals surface area contributed by atoms with E-state index < -0.39 is 20.3 Å². The molecule has 0 radical (unpaired) electrons. The first kappa shape index (κ1) is 33.6. The van der Waals surface area contributed by atoms with Crippen molar-refractivity contribution >= 4 is 35.7 Å². The van der Waals surface area contributed by atoms with E-state index in [1.807, 2.05) is 0 Å². The average molecular weight is 681 g/mol. The molecule has 1 saturated heterocycles. The van der Waals surface area contributed by atoms with E-state index in [1.165, 1.54) is 32.3 Å². The smallest absolute Gasteiger partial charge is 0.164 e. The van der Waals surface area contributed by atoms with Crippen molar-refractivity contribution in [3.8, 4) is 0 Å². The number of hydrogen-bond donors (Lipinski definition) is 0. The Hall–Kier alpha value is -3.90. The molecule has 2 atom stereocenters. The zero-order valence-corrected chi connectivity index (χ0v) is 30.3. The van der Waals surface area contributed by atoms with E-state index in [2.05, 4.69) is 196 Å². The van der Waals surface area contributed by atoms with E-state index in [4.69, 9.17) is 9.47 Å². The molecular weight excluding hydrogens is 634 g/mol. The summed E-state index contributed by atoms with van der Waals surface area (Å²) >= 11 is 0. The molecule has 1 fully saturated rings. The molecule has 7 rings (SSSR count). The van der Waals surface area contributed by atoms with Gasteiger partial charge in [0.25, 0.3) is 0 Å². The van der Waals surface area contributed by atoms with Gasteiger partial charge in [0.1, 0.15) is 12.2 Å². The first-order valence-electron chi connectivity index (χ1n) is 17.4. The van der Waals surface area contributed by atoms with E-state index in [0.717, 1.165) is 24.6 Å². The third kappa shape index (κ3) is 7.50. The van der Waals surface area contributed by atoms with Gasteiger partial charge in [0.05, 0.1) is 60.4 Å². The zero-order chi connectivity index (χ0) is 33.6. The normalized spacial score (nSPS) is 17.5. The van der Waals surface area contributed by atoms with E-state index in [1.54, 1.807) is 0 Å². The number of rotatable bonds is 12. The topological polar surface area (TPSA) is 18.5 Å². The molecule has 6 aromatic carbocycles. The standard InChI is InChI=1S/C45H46O2P2/c1-45(2)46-43(35-48(39-25-13-5-14-26-39,40-27-15-6-16-28-40)33-37-21-9-3-10-22-37)44(47-45)36-49(41-29-17-7-18-30-41,42-31-19-8-20-32-42)34-38-23-11-4-12-24-38/h3-32,43-44H,33-36H2,1-2H3/q+2/t43-,44?/m0/s1. The van der Waals surface area contributed by atoms with E-state index in [-0.39, 0.29) is 12.2 Å². The van der Waals surface area contributed by atoms with Crippen LogP contribution < -0.4 is 21.2 Å². The molecule has 1 aliphatic rings. The molecule has 1 unspecified atom stereocenters. The monoisotopic (exact) mass is 680 g/mol. The summed E-state index contributed by atoms with van der Waals surface area (Å²) in [4.78, 5) is 0. The van der Waals surface area contributed by atoms with Crippen LogP contribution in [0.25, 0.3) is 0 Å². The van der Waals surface area contributed by atoms with Crippen LogP contribution in [0.5, 0.6) is 0 Å². The summed E-state index contributed by atoms with van der Waals surface area (Å²) in [5, 5.41) is 5.64. The molecule has 4 heteroatoms. The van der Waals surface area contributed by atoms with Crippen LogP contribution in [0.3, 0.4) is 0 Å². The van der Waals surface area contributed by atoms with Crippen molar-refractivity contribution in [3.05, 3.63) is 193 Å². The molecule has 0 aromatic heterocycles. The summed E-state index contributed by atoms with van der Waals surface area (Å²) in [6, 6.07) is 67.0. The van der Waals surface area contributed by atoms with Gasteiger partial charge in [0.15, 0.2) is 5.79 Å². The number of benzene rings is 6. The van der Waals surface area contributed by atoms with Crippen molar-refractivity contribution in [1.29, 1.82) is 0 Å². The van der Waals surface area contributed by atoms with Crippen LogP contribution >= 0.6 is 14.5 Å². The van der Waals surface area contributed by atoms with Crippen LogP contribution in [0.15, 0.2) is 182 Å². The van der Waals surface area contributed by atoms with Crippen LogP contribution in [0, 0.1) is 0 Å². The Bertz CT molecular complexity index is 1660. The Morgan fingerprint density at radius 3 is 0.898 bits per heavy atom. The summed E-state index contributed by atoms with van der Waals surface area (Å²) in [5.74, 6) is -0.694. The fourth-order valence-corrected chi connectivity index (χ4v) is 16.6. The third-order valence-corrected chi connectivity index (χ3v) is 18.8. The molecule has 0 bridgehead atoms. The molecular formula is C45H46O2P2+2. The first-order valence-corrected chi connectivity index (χ1v) is 21.7. The minimum Gasteiger partial charge on any atom is -0.341 e. The molecule has 6 aromatic rings. The quantitative estimate of drug-likeness (QED) is 0.120. The summed E-state index contributed by atoms with van der Waals surface area (Å²) in [7, 11) is -4.07. The maximum Gasteiger partial charge on any atom is 0.164 e. The van der Waals surface area contributed by atoms with E-state index in [9.17, 15) is 0 Å². The Morgan fingerprint density at radius 1 is 0.388 bits per heavy atom. The summed E-state index contributed by atoms with van der Waals surface area (Å²) in [5.41, 5.74) is 2.72. The minimum atomic E-state index is -2.03. The highest BCUT2D eigenvalue weighted by atomic mass is 31.2. The van der Waals surface area contributed by atoms with Crippen LogP contribution in [-0.4, -0.2) is 30.3 Å². The van der Waals surface area contributed by atoms with Gasteiger partial charge in [0, 0.05) is 0 Å². The van der Waals surface area contributed by atoms with Crippen LogP contribution in [0.4, 0.5) is 0 Å². The second-order valence-electron chi connectivity index (χ2n) is 13.6. The van der Waals surface area contributed by atoms with Gasteiger partial charge in [0.2, 0.25) is 0 Å². The van der Waals surface area contributed by atoms with Crippen molar-refractivity contribution in [2.24, 2.45) is 0 Å². The minimum absolute atomic E-state index is 0.0879. The highest BCUT2D eigenvalue weighted by Crippen LogP contribution is 2.64. The highest BCUT2D eigenvalue weighted by molar-refractivity contribution is 7.89. The van der Waals surface area contributed by atoms with Crippen molar-refractivity contribution in [2.75, 3.05) is 12.3 Å². The maximum atomic E-state index is 7.09. The van der Waals surface area contributed by atoms with Gasteiger partial charge in [-0.2, -0.15) is 0 Å². The largest absolute Gasteiger partial charge is 0.341 e. The Morgan fingerprint density at radius 2 is 0.633 bits per heavy atom. The lowest BCUT2D eigenvalue weighted by Crippen LogP contribution is -2.40. The molecule has 1 aliphatic heterocycles. The lowest BCUT2D eigenvalue weighted by molar-refractivity contribution is -0.142. The predicted octanol–water partition coefficient (Wildman–Crippen LogP) is 9.24. The van der Waals surface area contributed by atoms with Gasteiger partial charge in [-0.1, -0.05) is 133 Å². The van der Waals surface area contributed by atoms with Crippen LogP contribution in [-0.2, 0) is 21.8 Å². The van der Waals surface area contributed by atoms with Gasteiger partial charge >= 0.3 is 0 Å². The Balaban J connectivity index is 1.37. The first-order chi connectivity index (χ1) is 24.0. The van der Waals surface area contributed by atoms with E-state index >= 15 is 0 Å². The van der Waals surface area contributed by atoms with Crippen molar-refractivity contribution in [1.82, 2.24) is 0 Å². The van der Waals surface area contributed by atoms with Crippen LogP contribution in [0.1, 0.15) is 25.0 Å². The van der Waals surface area contributed by atoms with Crippen molar-refractivity contribution in [3.63, 3.8) is 0 Å². The van der Waals surface area contributed by atoms with Gasteiger partial charge < -0.3 is 9.47 Å². The average Bonchev–Trinajstić information content (AvgIpc) is 3.44. The van der Waals surface area contributed by atoms with Crippen LogP contribution in [0.2, 0.25) is 0 Å². The lowest BCUT2D eigenvalue weighted by Gasteiger charge is -2.33. The molecule has 246 valence electrons. The molecule has 0 amide bonds. The third-order valence-electron chi connectivity index (χ3n) is 9.86. The summed E-state index contributed by atoms with van der Waals surface area (Å²) < 4.78 is 14.2. The molecule has 0 N–H and O–H groups in total. The Kier molecular flexibility index (Phi) is 10.2. The zero-order valence-electron chi connectivity index (χ0n) is 28.5. The fraction of sp³-hybridized carbons (Fsp3) is 0.200. The number of ether oxygens (including phenoxy) is 2. The molecule has 49 heavy (non-hydrogen) atoms. The highest BCUT2D eigenvalue weighted by Gasteiger charge is 2.56. The Labute approximate surface area is 293 Å². The molecule has 0 aliphatic carbocycles. The second-order valence-corrected chi connectivity index (χ2v) is 20.9. The SMILES string of the molecule is CC1(C)OC(C[P+](Cc2ccccc2)(c2ccccc2)c2ccccc2)[C@H](C[P+](Cc2ccccc2)(c2ccccc2)c2ccccc2)O1. The lowest BCUT2D eigenvalue weighted by atomic mass is 10.2. The molecule has 0 spiro atoms. The predicted molar refractivity (Wildman–Crippen MR) is 212 cm³/mol. The van der Waals surface area contributed by atoms with Gasteiger partial charge in [-0.15, -0.1) is 0 Å². The fourth-order valence-electron chi connectivity index (χ4n) is 7.69. The van der Waals surface area contributed by atoms with Gasteiger partial charge in [-0.3, -0.25) is 0 Å². The molecule has 2 nitrogen and oxygen atoms in total. The van der Waals surface area contributed by atoms with Crippen molar-refractivity contribution < 1.29 is 9.47 Å². The molecule has 0 saturated carbocycles. The van der Waals surface area contributed by atoms with E-state index in [0.29, 0.717) is 0 Å². The van der Waals surface area contributed by atoms with Gasteiger partial charge in [-0.25, -0.2) is 0 Å². The summed E-state index contributed by atoms with van der Waals surface area (Å²) in [6.45, 7) is 4.20. The van der Waals surface area contributed by atoms with Gasteiger partial charge in [-0.05, 0) is 73.5 Å². The number of hydrogen-bond acceptors (Lipinski definition) is 2. The molecule has 1 heterocycles. The second kappa shape index (κ2) is 14.9. The van der Waals surface area contributed by atoms with Crippen molar-refractivity contribution in [2.45, 2.75) is 44.2 Å². The summed E-state index contributed by atoms with van der Waals surface area (Å²) in [6.07, 6.45) is 3.57. The maximum absolute atomic E-state index is 7.09.